The Bertz CT molecular complexity index is 333. The van der Waals surface area contributed by atoms with Crippen molar-refractivity contribution in [2.45, 2.75) is 18.0 Å². The molecule has 0 spiro atoms. The van der Waals surface area contributed by atoms with E-state index in [4.69, 9.17) is 0 Å². The Morgan fingerprint density at radius 2 is 1.85 bits per heavy atom. The fraction of sp³-hybridized carbons (Fsp3) is 0.250. The van der Waals surface area contributed by atoms with Crippen LogP contribution in [0.1, 0.15) is 11.1 Å². The monoisotopic (exact) mass is 207 g/mol. The van der Waals surface area contributed by atoms with E-state index in [0.717, 1.165) is 12.1 Å². The fourth-order valence-corrected chi connectivity index (χ4v) is 1.37. The van der Waals surface area contributed by atoms with Gasteiger partial charge in [0.25, 0.3) is 4.90 Å². The van der Waals surface area contributed by atoms with Crippen molar-refractivity contribution in [3.8, 4) is 0 Å². The Morgan fingerprint density at radius 3 is 2.31 bits per heavy atom. The van der Waals surface area contributed by atoms with Gasteiger partial charge >= 0.3 is 17.8 Å². The smallest absolute Gasteiger partial charge is 0.166 e. The molecule has 13 heavy (non-hydrogen) atoms. The van der Waals surface area contributed by atoms with Crippen molar-refractivity contribution < 1.29 is 17.4 Å². The summed E-state index contributed by atoms with van der Waals surface area (Å²) in [4.78, 5) is 0.0901. The van der Waals surface area contributed by atoms with Crippen LogP contribution in [-0.2, 0) is 22.1 Å². The molecule has 70 valence electrons. The summed E-state index contributed by atoms with van der Waals surface area (Å²) >= 11 is 0.0632. The molecule has 5 heteroatoms. The van der Waals surface area contributed by atoms with Gasteiger partial charge < -0.3 is 0 Å². The zero-order chi connectivity index (χ0) is 10.1. The number of benzene rings is 1. The summed E-state index contributed by atoms with van der Waals surface area (Å²) in [5, 5.41) is 0. The minimum atomic E-state index is -4.38. The standard InChI is InChI=1S/C8H6F3OS/c1-5-2-6(8(9,10)11)4-7(3-5)13-12/h2-4H,1H3/q+1. The zero-order valence-corrected chi connectivity index (χ0v) is 7.50. The first-order valence-corrected chi connectivity index (χ1v) is 4.16. The summed E-state index contributed by atoms with van der Waals surface area (Å²) < 4.78 is 46.8. The molecule has 1 aromatic rings. The van der Waals surface area contributed by atoms with Crippen molar-refractivity contribution in [2.24, 2.45) is 0 Å². The minimum absolute atomic E-state index is 0.0632. The molecular weight excluding hydrogens is 201 g/mol. The molecule has 0 aromatic heterocycles. The van der Waals surface area contributed by atoms with Gasteiger partial charge in [-0.2, -0.15) is 13.2 Å². The van der Waals surface area contributed by atoms with Crippen LogP contribution in [0.3, 0.4) is 0 Å². The molecule has 0 saturated carbocycles. The lowest BCUT2D eigenvalue weighted by atomic mass is 10.1. The number of alkyl halides is 3. The Labute approximate surface area is 77.1 Å². The lowest BCUT2D eigenvalue weighted by molar-refractivity contribution is -0.137. The third kappa shape index (κ3) is 2.48. The average Bonchev–Trinajstić information content (AvgIpc) is 2.01. The highest BCUT2D eigenvalue weighted by Gasteiger charge is 2.32. The van der Waals surface area contributed by atoms with Crippen LogP contribution in [-0.4, -0.2) is 0 Å². The second-order valence-electron chi connectivity index (χ2n) is 2.62. The Balaban J connectivity index is 3.24. The minimum Gasteiger partial charge on any atom is -0.166 e. The van der Waals surface area contributed by atoms with Gasteiger partial charge in [-0.1, -0.05) is 0 Å². The van der Waals surface area contributed by atoms with Gasteiger partial charge in [-0.3, -0.25) is 0 Å². The summed E-state index contributed by atoms with van der Waals surface area (Å²) in [5.74, 6) is 0. The highest BCUT2D eigenvalue weighted by molar-refractivity contribution is 7.65. The summed E-state index contributed by atoms with van der Waals surface area (Å²) in [5.41, 5.74) is -0.334. The number of hydrogen-bond donors (Lipinski definition) is 0. The highest BCUT2D eigenvalue weighted by atomic mass is 32.1. The molecule has 0 fully saturated rings. The Kier molecular flexibility index (Phi) is 2.66. The normalized spacial score (nSPS) is 11.4. The number of hydrogen-bond acceptors (Lipinski definition) is 1. The van der Waals surface area contributed by atoms with E-state index < -0.39 is 11.7 Å². The van der Waals surface area contributed by atoms with Gasteiger partial charge in [0.15, 0.2) is 0 Å². The van der Waals surface area contributed by atoms with Crippen molar-refractivity contribution in [3.05, 3.63) is 29.3 Å². The molecule has 1 rings (SSSR count). The molecule has 1 nitrogen and oxygen atoms in total. The van der Waals surface area contributed by atoms with Crippen LogP contribution in [0, 0.1) is 6.92 Å². The van der Waals surface area contributed by atoms with E-state index in [1.54, 1.807) is 0 Å². The Hall–Kier alpha value is -0.970. The first-order valence-electron chi connectivity index (χ1n) is 3.42. The van der Waals surface area contributed by atoms with Crippen LogP contribution >= 0.6 is 0 Å². The molecule has 0 saturated heterocycles. The van der Waals surface area contributed by atoms with E-state index in [2.05, 4.69) is 0 Å². The SMILES string of the molecule is Cc1cc([S+]=O)cc(C(F)(F)F)c1. The fourth-order valence-electron chi connectivity index (χ4n) is 0.960. The van der Waals surface area contributed by atoms with Crippen LogP contribution in [0.5, 0.6) is 0 Å². The van der Waals surface area contributed by atoms with Gasteiger partial charge in [0.1, 0.15) is 0 Å². The largest absolute Gasteiger partial charge is 0.505 e. The van der Waals surface area contributed by atoms with Crippen LogP contribution in [0.25, 0.3) is 0 Å². The van der Waals surface area contributed by atoms with E-state index in [-0.39, 0.29) is 16.6 Å². The molecule has 0 radical (unpaired) electrons. The molecule has 0 bridgehead atoms. The van der Waals surface area contributed by atoms with Gasteiger partial charge in [-0.25, -0.2) is 0 Å². The van der Waals surface area contributed by atoms with Crippen LogP contribution < -0.4 is 0 Å². The van der Waals surface area contributed by atoms with Crippen molar-refractivity contribution in [2.75, 3.05) is 0 Å². The second-order valence-corrected chi connectivity index (χ2v) is 3.25. The van der Waals surface area contributed by atoms with Crippen LogP contribution in [0.4, 0.5) is 13.2 Å². The molecule has 0 aliphatic rings. The van der Waals surface area contributed by atoms with Crippen LogP contribution in [0.2, 0.25) is 0 Å². The number of aryl methyl sites for hydroxylation is 1. The van der Waals surface area contributed by atoms with E-state index in [9.17, 15) is 17.4 Å². The quantitative estimate of drug-likeness (QED) is 0.647. The summed E-state index contributed by atoms with van der Waals surface area (Å²) in [6.45, 7) is 1.52. The summed E-state index contributed by atoms with van der Waals surface area (Å²) in [6, 6.07) is 3.29. The molecule has 0 aliphatic heterocycles. The van der Waals surface area contributed by atoms with E-state index in [0.29, 0.717) is 5.56 Å². The van der Waals surface area contributed by atoms with Crippen molar-refractivity contribution in [1.82, 2.24) is 0 Å². The van der Waals surface area contributed by atoms with Crippen molar-refractivity contribution >= 4 is 11.7 Å². The molecule has 0 amide bonds. The first-order chi connectivity index (χ1) is 5.93. The summed E-state index contributed by atoms with van der Waals surface area (Å²) in [6.07, 6.45) is -4.38. The van der Waals surface area contributed by atoms with E-state index >= 15 is 0 Å². The topological polar surface area (TPSA) is 17.1 Å². The molecule has 0 N–H and O–H groups in total. The molecule has 0 aliphatic carbocycles. The first kappa shape index (κ1) is 10.1. The summed E-state index contributed by atoms with van der Waals surface area (Å²) in [7, 11) is 0. The molecule has 0 atom stereocenters. The molecule has 0 heterocycles. The second kappa shape index (κ2) is 3.41. The maximum absolute atomic E-state index is 12.2. The number of rotatable bonds is 1. The third-order valence-electron chi connectivity index (χ3n) is 1.47. The molecule has 0 unspecified atom stereocenters. The third-order valence-corrected chi connectivity index (χ3v) is 1.90. The maximum Gasteiger partial charge on any atom is 0.505 e. The lowest BCUT2D eigenvalue weighted by Gasteiger charge is -2.05. The van der Waals surface area contributed by atoms with Crippen molar-refractivity contribution in [3.63, 3.8) is 0 Å². The van der Waals surface area contributed by atoms with Gasteiger partial charge in [-0.05, 0) is 18.6 Å². The lowest BCUT2D eigenvalue weighted by Crippen LogP contribution is -2.05. The molecular formula is C8H6F3OS+. The van der Waals surface area contributed by atoms with E-state index in [1.807, 2.05) is 0 Å². The van der Waals surface area contributed by atoms with Gasteiger partial charge in [0.2, 0.25) is 0 Å². The van der Waals surface area contributed by atoms with Gasteiger partial charge in [-0.15, -0.1) is 0 Å². The maximum atomic E-state index is 12.2. The average molecular weight is 207 g/mol. The highest BCUT2D eigenvalue weighted by Crippen LogP contribution is 2.30. The van der Waals surface area contributed by atoms with E-state index in [1.165, 1.54) is 13.0 Å². The van der Waals surface area contributed by atoms with Gasteiger partial charge in [0, 0.05) is 16.3 Å². The van der Waals surface area contributed by atoms with Gasteiger partial charge in [0.05, 0.1) is 5.56 Å². The Morgan fingerprint density at radius 1 is 1.23 bits per heavy atom. The zero-order valence-electron chi connectivity index (χ0n) is 6.68. The van der Waals surface area contributed by atoms with Crippen molar-refractivity contribution in [1.29, 1.82) is 0 Å². The van der Waals surface area contributed by atoms with Crippen LogP contribution in [0.15, 0.2) is 23.1 Å². The number of halogens is 3. The predicted octanol–water partition coefficient (Wildman–Crippen LogP) is 2.80. The molecule has 1 aromatic carbocycles. The predicted molar refractivity (Wildman–Crippen MR) is 42.5 cm³/mol.